The van der Waals surface area contributed by atoms with Crippen LogP contribution in [-0.4, -0.2) is 37.2 Å². The molecular weight excluding hydrogens is 973 g/mol. The van der Waals surface area contributed by atoms with Gasteiger partial charge in [-0.25, -0.2) is 0 Å². The van der Waals surface area contributed by atoms with E-state index in [0.29, 0.717) is 19.3 Å². The number of unbranched alkanes of at least 4 members (excludes halogenated alkanes) is 58. The lowest BCUT2D eigenvalue weighted by atomic mass is 10.0. The van der Waals surface area contributed by atoms with Crippen molar-refractivity contribution in [3.05, 3.63) is 0 Å². The predicted octanol–water partition coefficient (Wildman–Crippen LogP) is 25.0. The van der Waals surface area contributed by atoms with Gasteiger partial charge in [0.15, 0.2) is 6.10 Å². The number of esters is 3. The SMILES string of the molecule is CCCCCCCCCCCCCCCCCCCCCCCCCCCCC(=O)OCC(COC(=O)CCCCCCCCCCCCCCCCC)OC(=O)CCCCCCCCCCCCCCCCCCCCCC. The molecule has 0 fully saturated rings. The van der Waals surface area contributed by atoms with E-state index in [2.05, 4.69) is 20.8 Å². The molecule has 0 aliphatic rings. The third-order valence-electron chi connectivity index (χ3n) is 17.1. The summed E-state index contributed by atoms with van der Waals surface area (Å²) >= 11 is 0. The quantitative estimate of drug-likeness (QED) is 0.0343. The van der Waals surface area contributed by atoms with Gasteiger partial charge in [0.05, 0.1) is 0 Å². The van der Waals surface area contributed by atoms with Gasteiger partial charge in [-0.15, -0.1) is 0 Å². The van der Waals surface area contributed by atoms with Crippen LogP contribution in [0.2, 0.25) is 0 Å². The minimum atomic E-state index is -0.763. The van der Waals surface area contributed by atoms with Gasteiger partial charge < -0.3 is 14.2 Å². The minimum Gasteiger partial charge on any atom is -0.462 e. The van der Waals surface area contributed by atoms with Crippen LogP contribution in [0.1, 0.15) is 432 Å². The van der Waals surface area contributed by atoms with Crippen molar-refractivity contribution < 1.29 is 28.6 Å². The summed E-state index contributed by atoms with van der Waals surface area (Å²) in [7, 11) is 0. The fourth-order valence-electron chi connectivity index (χ4n) is 11.6. The Morgan fingerprint density at radius 1 is 0.203 bits per heavy atom. The van der Waals surface area contributed by atoms with E-state index in [4.69, 9.17) is 14.2 Å². The van der Waals surface area contributed by atoms with Crippen molar-refractivity contribution in [1.82, 2.24) is 0 Å². The Balaban J connectivity index is 4.20. The Bertz CT molecular complexity index is 1190. The van der Waals surface area contributed by atoms with Gasteiger partial charge in [-0.05, 0) is 19.3 Å². The summed E-state index contributed by atoms with van der Waals surface area (Å²) in [5.41, 5.74) is 0. The summed E-state index contributed by atoms with van der Waals surface area (Å²) in [6.45, 7) is 6.75. The highest BCUT2D eigenvalue weighted by molar-refractivity contribution is 5.71. The van der Waals surface area contributed by atoms with Gasteiger partial charge in [0.1, 0.15) is 13.2 Å². The van der Waals surface area contributed by atoms with Crippen molar-refractivity contribution in [2.24, 2.45) is 0 Å². The van der Waals surface area contributed by atoms with E-state index in [9.17, 15) is 14.4 Å². The van der Waals surface area contributed by atoms with Crippen LogP contribution in [0.3, 0.4) is 0 Å². The maximum absolute atomic E-state index is 13.0. The highest BCUT2D eigenvalue weighted by Gasteiger charge is 2.20. The zero-order chi connectivity index (χ0) is 57.1. The molecule has 79 heavy (non-hydrogen) atoms. The zero-order valence-electron chi connectivity index (χ0n) is 54.2. The lowest BCUT2D eigenvalue weighted by Crippen LogP contribution is -2.30. The third-order valence-corrected chi connectivity index (χ3v) is 17.1. The van der Waals surface area contributed by atoms with Crippen LogP contribution in [-0.2, 0) is 28.6 Å². The van der Waals surface area contributed by atoms with Crippen LogP contribution >= 0.6 is 0 Å². The number of rotatable bonds is 69. The van der Waals surface area contributed by atoms with E-state index >= 15 is 0 Å². The van der Waals surface area contributed by atoms with E-state index in [1.54, 1.807) is 0 Å². The van der Waals surface area contributed by atoms with Crippen LogP contribution in [0, 0.1) is 0 Å². The van der Waals surface area contributed by atoms with Gasteiger partial charge in [0.25, 0.3) is 0 Å². The van der Waals surface area contributed by atoms with Gasteiger partial charge in [0.2, 0.25) is 0 Å². The monoisotopic (exact) mass is 1120 g/mol. The highest BCUT2D eigenvalue weighted by Crippen LogP contribution is 2.20. The molecule has 0 saturated heterocycles. The molecule has 0 aromatic carbocycles. The Kier molecular flexibility index (Phi) is 67.5. The standard InChI is InChI=1S/C73H142O6/c1-4-7-10-13-16-19-22-25-28-30-32-34-35-36-37-38-39-41-42-45-48-51-54-57-60-63-66-72(75)78-69-70(68-77-71(74)65-62-59-56-53-50-47-44-27-24-21-18-15-12-9-6-3)79-73(76)67-64-61-58-55-52-49-46-43-40-33-31-29-26-23-20-17-14-11-8-5-2/h70H,4-69H2,1-3H3. The van der Waals surface area contributed by atoms with Crippen LogP contribution in [0.25, 0.3) is 0 Å². The van der Waals surface area contributed by atoms with Gasteiger partial charge >= 0.3 is 17.9 Å². The molecule has 0 heterocycles. The fourth-order valence-corrected chi connectivity index (χ4v) is 11.6. The average molecular weight is 1120 g/mol. The van der Waals surface area contributed by atoms with E-state index in [-0.39, 0.29) is 31.1 Å². The molecule has 0 radical (unpaired) electrons. The molecule has 0 N–H and O–H groups in total. The molecule has 0 aromatic rings. The maximum atomic E-state index is 13.0. The molecule has 0 amide bonds. The van der Waals surface area contributed by atoms with Crippen molar-refractivity contribution in [1.29, 1.82) is 0 Å². The number of hydrogen-bond donors (Lipinski definition) is 0. The topological polar surface area (TPSA) is 78.9 Å². The molecule has 1 atom stereocenters. The lowest BCUT2D eigenvalue weighted by molar-refractivity contribution is -0.167. The number of ether oxygens (including phenoxy) is 3. The van der Waals surface area contributed by atoms with E-state index in [0.717, 1.165) is 57.8 Å². The number of carbonyl (C=O) groups is 3. The predicted molar refractivity (Wildman–Crippen MR) is 344 cm³/mol. The zero-order valence-corrected chi connectivity index (χ0v) is 54.2. The summed E-state index contributed by atoms with van der Waals surface area (Å²) in [4.78, 5) is 38.5. The second kappa shape index (κ2) is 68.9. The molecule has 0 rings (SSSR count). The molecule has 0 saturated carbocycles. The minimum absolute atomic E-state index is 0.0600. The van der Waals surface area contributed by atoms with Gasteiger partial charge in [-0.2, -0.15) is 0 Å². The van der Waals surface area contributed by atoms with Crippen LogP contribution < -0.4 is 0 Å². The largest absolute Gasteiger partial charge is 0.462 e. The molecule has 470 valence electrons. The van der Waals surface area contributed by atoms with Gasteiger partial charge in [0, 0.05) is 19.3 Å². The first-order chi connectivity index (χ1) is 39.0. The number of carbonyl (C=O) groups excluding carboxylic acids is 3. The maximum Gasteiger partial charge on any atom is 0.306 e. The Morgan fingerprint density at radius 3 is 0.506 bits per heavy atom. The first-order valence-electron chi connectivity index (χ1n) is 36.5. The second-order valence-electron chi connectivity index (χ2n) is 25.2. The summed E-state index contributed by atoms with van der Waals surface area (Å²) in [5, 5.41) is 0. The smallest absolute Gasteiger partial charge is 0.306 e. The second-order valence-corrected chi connectivity index (χ2v) is 25.2. The molecule has 0 aromatic heterocycles. The summed E-state index contributed by atoms with van der Waals surface area (Å²) in [5.74, 6) is -0.817. The molecule has 6 nitrogen and oxygen atoms in total. The Hall–Kier alpha value is -1.59. The molecular formula is C73H142O6. The lowest BCUT2D eigenvalue weighted by Gasteiger charge is -2.18. The van der Waals surface area contributed by atoms with E-state index in [1.807, 2.05) is 0 Å². The average Bonchev–Trinajstić information content (AvgIpc) is 3.45. The first-order valence-corrected chi connectivity index (χ1v) is 36.5. The third kappa shape index (κ3) is 67.1. The van der Waals surface area contributed by atoms with Crippen molar-refractivity contribution in [2.75, 3.05) is 13.2 Å². The summed E-state index contributed by atoms with van der Waals surface area (Å²) in [6, 6.07) is 0. The van der Waals surface area contributed by atoms with Crippen molar-refractivity contribution >= 4 is 17.9 Å². The molecule has 0 aliphatic heterocycles. The van der Waals surface area contributed by atoms with Crippen LogP contribution in [0.15, 0.2) is 0 Å². The Morgan fingerprint density at radius 2 is 0.342 bits per heavy atom. The van der Waals surface area contributed by atoms with Crippen molar-refractivity contribution in [3.63, 3.8) is 0 Å². The Labute approximate surface area is 495 Å². The van der Waals surface area contributed by atoms with E-state index < -0.39 is 6.10 Å². The van der Waals surface area contributed by atoms with Crippen LogP contribution in [0.4, 0.5) is 0 Å². The van der Waals surface area contributed by atoms with Crippen LogP contribution in [0.5, 0.6) is 0 Å². The summed E-state index contributed by atoms with van der Waals surface area (Å²) < 4.78 is 17.0. The van der Waals surface area contributed by atoms with Crippen molar-refractivity contribution in [2.45, 2.75) is 438 Å². The molecule has 0 spiro atoms. The van der Waals surface area contributed by atoms with Gasteiger partial charge in [-0.1, -0.05) is 393 Å². The van der Waals surface area contributed by atoms with E-state index in [1.165, 1.54) is 334 Å². The molecule has 6 heteroatoms. The molecule has 0 bridgehead atoms. The number of hydrogen-bond acceptors (Lipinski definition) is 6. The summed E-state index contributed by atoms with van der Waals surface area (Å²) in [6.07, 6.45) is 81.4. The fraction of sp³-hybridized carbons (Fsp3) is 0.959. The van der Waals surface area contributed by atoms with Gasteiger partial charge in [-0.3, -0.25) is 14.4 Å². The van der Waals surface area contributed by atoms with Crippen molar-refractivity contribution in [3.8, 4) is 0 Å². The normalized spacial score (nSPS) is 11.9. The molecule has 0 aliphatic carbocycles. The highest BCUT2D eigenvalue weighted by atomic mass is 16.6. The first kappa shape index (κ1) is 77.4. The molecule has 1 unspecified atom stereocenters.